The van der Waals surface area contributed by atoms with Crippen molar-refractivity contribution in [2.45, 2.75) is 32.2 Å². The van der Waals surface area contributed by atoms with Crippen LogP contribution in [0.4, 0.5) is 0 Å². The molecule has 0 bridgehead atoms. The lowest BCUT2D eigenvalue weighted by Gasteiger charge is -2.25. The van der Waals surface area contributed by atoms with Gasteiger partial charge in [-0.15, -0.1) is 0 Å². The van der Waals surface area contributed by atoms with Crippen molar-refractivity contribution in [1.82, 2.24) is 5.32 Å². The van der Waals surface area contributed by atoms with E-state index < -0.39 is 0 Å². The number of ether oxygens (including phenoxy) is 1. The Morgan fingerprint density at radius 3 is 3.00 bits per heavy atom. The molecule has 1 heterocycles. The van der Waals surface area contributed by atoms with Crippen LogP contribution >= 0.6 is 15.9 Å². The number of hydrogen-bond acceptors (Lipinski definition) is 2. The highest BCUT2D eigenvalue weighted by atomic mass is 79.9. The van der Waals surface area contributed by atoms with Gasteiger partial charge in [-0.1, -0.05) is 22.4 Å². The molecule has 1 atom stereocenters. The predicted molar refractivity (Wildman–Crippen MR) is 69.9 cm³/mol. The Hall–Kier alpha value is -0.540. The van der Waals surface area contributed by atoms with Crippen molar-refractivity contribution in [2.24, 2.45) is 0 Å². The average molecular weight is 284 g/mol. The van der Waals surface area contributed by atoms with Crippen molar-refractivity contribution < 1.29 is 4.74 Å². The fourth-order valence-electron chi connectivity index (χ4n) is 2.20. The summed E-state index contributed by atoms with van der Waals surface area (Å²) in [5.74, 6) is 1.02. The van der Waals surface area contributed by atoms with E-state index in [1.54, 1.807) is 0 Å². The van der Waals surface area contributed by atoms with E-state index in [1.807, 2.05) is 13.0 Å². The molecule has 1 aliphatic rings. The van der Waals surface area contributed by atoms with Crippen molar-refractivity contribution in [3.8, 4) is 5.75 Å². The molecule has 0 saturated carbocycles. The highest BCUT2D eigenvalue weighted by molar-refractivity contribution is 9.10. The maximum Gasteiger partial charge on any atom is 0.124 e. The van der Waals surface area contributed by atoms with E-state index in [1.165, 1.54) is 24.8 Å². The van der Waals surface area contributed by atoms with Gasteiger partial charge in [0.25, 0.3) is 0 Å². The van der Waals surface area contributed by atoms with Gasteiger partial charge in [0.1, 0.15) is 5.75 Å². The van der Waals surface area contributed by atoms with E-state index in [4.69, 9.17) is 4.74 Å². The summed E-state index contributed by atoms with van der Waals surface area (Å²) >= 11 is 3.53. The third-order valence-corrected chi connectivity index (χ3v) is 3.45. The lowest BCUT2D eigenvalue weighted by atomic mass is 9.97. The van der Waals surface area contributed by atoms with Crippen LogP contribution in [0.25, 0.3) is 0 Å². The summed E-state index contributed by atoms with van der Waals surface area (Å²) in [6.07, 6.45) is 3.79. The molecule has 2 nitrogen and oxygen atoms in total. The van der Waals surface area contributed by atoms with E-state index in [0.29, 0.717) is 6.04 Å². The van der Waals surface area contributed by atoms with Crippen LogP contribution in [0.1, 0.15) is 37.8 Å². The molecule has 16 heavy (non-hydrogen) atoms. The van der Waals surface area contributed by atoms with E-state index in [2.05, 4.69) is 33.4 Å². The molecule has 0 aliphatic carbocycles. The maximum atomic E-state index is 5.68. The summed E-state index contributed by atoms with van der Waals surface area (Å²) in [5.41, 5.74) is 1.29. The zero-order valence-electron chi connectivity index (χ0n) is 9.63. The number of rotatable bonds is 3. The fraction of sp³-hybridized carbons (Fsp3) is 0.538. The number of halogens is 1. The first kappa shape index (κ1) is 11.9. The Labute approximate surface area is 106 Å². The molecule has 0 amide bonds. The van der Waals surface area contributed by atoms with E-state index in [9.17, 15) is 0 Å². The molecule has 1 aromatic carbocycles. The van der Waals surface area contributed by atoms with Crippen molar-refractivity contribution >= 4 is 15.9 Å². The van der Waals surface area contributed by atoms with Gasteiger partial charge in [0.05, 0.1) is 6.61 Å². The molecular weight excluding hydrogens is 266 g/mol. The quantitative estimate of drug-likeness (QED) is 0.914. The molecule has 0 aromatic heterocycles. The Bertz CT molecular complexity index is 348. The minimum Gasteiger partial charge on any atom is -0.494 e. The lowest BCUT2D eigenvalue weighted by molar-refractivity contribution is 0.324. The average Bonchev–Trinajstić information content (AvgIpc) is 2.33. The van der Waals surface area contributed by atoms with Crippen molar-refractivity contribution in [2.75, 3.05) is 13.2 Å². The monoisotopic (exact) mass is 283 g/mol. The summed E-state index contributed by atoms with van der Waals surface area (Å²) in [4.78, 5) is 0. The minimum absolute atomic E-state index is 0.452. The third-order valence-electron chi connectivity index (χ3n) is 2.96. The normalized spacial score (nSPS) is 20.8. The zero-order valence-corrected chi connectivity index (χ0v) is 11.2. The first-order chi connectivity index (χ1) is 7.81. The molecule has 1 aromatic rings. The standard InChI is InChI=1S/C13H18BrNO/c1-2-16-13-7-6-10(14)9-11(13)12-5-3-4-8-15-12/h6-7,9,12,15H,2-5,8H2,1H3. The molecule has 1 unspecified atom stereocenters. The van der Waals surface area contributed by atoms with Gasteiger partial charge in [0.15, 0.2) is 0 Å². The van der Waals surface area contributed by atoms with Crippen LogP contribution in [0.15, 0.2) is 22.7 Å². The highest BCUT2D eigenvalue weighted by Gasteiger charge is 2.18. The van der Waals surface area contributed by atoms with E-state index in [-0.39, 0.29) is 0 Å². The summed E-state index contributed by atoms with van der Waals surface area (Å²) in [5, 5.41) is 3.56. The van der Waals surface area contributed by atoms with Crippen molar-refractivity contribution in [1.29, 1.82) is 0 Å². The molecular formula is C13H18BrNO. The first-order valence-electron chi connectivity index (χ1n) is 5.97. The van der Waals surface area contributed by atoms with Crippen molar-refractivity contribution in [3.63, 3.8) is 0 Å². The van der Waals surface area contributed by atoms with Gasteiger partial charge in [-0.05, 0) is 44.5 Å². The summed E-state index contributed by atoms with van der Waals surface area (Å²) in [6, 6.07) is 6.72. The van der Waals surface area contributed by atoms with Crippen LogP contribution in [-0.4, -0.2) is 13.2 Å². The van der Waals surface area contributed by atoms with Crippen LogP contribution in [0.3, 0.4) is 0 Å². The van der Waals surface area contributed by atoms with Gasteiger partial charge in [-0.25, -0.2) is 0 Å². The number of piperidine rings is 1. The molecule has 2 rings (SSSR count). The summed E-state index contributed by atoms with van der Waals surface area (Å²) < 4.78 is 6.81. The highest BCUT2D eigenvalue weighted by Crippen LogP contribution is 2.32. The second kappa shape index (κ2) is 5.69. The molecule has 1 N–H and O–H groups in total. The second-order valence-corrected chi connectivity index (χ2v) is 5.03. The van der Waals surface area contributed by atoms with Gasteiger partial charge >= 0.3 is 0 Å². The number of hydrogen-bond donors (Lipinski definition) is 1. The summed E-state index contributed by atoms with van der Waals surface area (Å²) in [6.45, 7) is 3.87. The topological polar surface area (TPSA) is 21.3 Å². The van der Waals surface area contributed by atoms with Crippen molar-refractivity contribution in [3.05, 3.63) is 28.2 Å². The predicted octanol–water partition coefficient (Wildman–Crippen LogP) is 3.66. The van der Waals surface area contributed by atoms with Gasteiger partial charge in [-0.3, -0.25) is 0 Å². The molecule has 3 heteroatoms. The Morgan fingerprint density at radius 1 is 1.44 bits per heavy atom. The summed E-state index contributed by atoms with van der Waals surface area (Å²) in [7, 11) is 0. The van der Waals surface area contributed by atoms with Gasteiger partial charge in [0.2, 0.25) is 0 Å². The Kier molecular flexibility index (Phi) is 4.24. The van der Waals surface area contributed by atoms with E-state index >= 15 is 0 Å². The van der Waals surface area contributed by atoms with Gasteiger partial charge in [0, 0.05) is 16.1 Å². The van der Waals surface area contributed by atoms with Gasteiger partial charge in [-0.2, -0.15) is 0 Å². The smallest absolute Gasteiger partial charge is 0.124 e. The molecule has 0 spiro atoms. The molecule has 1 saturated heterocycles. The Morgan fingerprint density at radius 2 is 2.31 bits per heavy atom. The van der Waals surface area contributed by atoms with Crippen LogP contribution < -0.4 is 10.1 Å². The van der Waals surface area contributed by atoms with Gasteiger partial charge < -0.3 is 10.1 Å². The molecule has 1 aliphatic heterocycles. The van der Waals surface area contributed by atoms with Crippen LogP contribution in [0.5, 0.6) is 5.75 Å². The minimum atomic E-state index is 0.452. The number of nitrogens with one attached hydrogen (secondary N) is 1. The molecule has 88 valence electrons. The number of benzene rings is 1. The Balaban J connectivity index is 2.24. The molecule has 0 radical (unpaired) electrons. The SMILES string of the molecule is CCOc1ccc(Br)cc1C1CCCCN1. The largest absolute Gasteiger partial charge is 0.494 e. The van der Waals surface area contributed by atoms with Crippen LogP contribution in [0.2, 0.25) is 0 Å². The molecule has 1 fully saturated rings. The maximum absolute atomic E-state index is 5.68. The first-order valence-corrected chi connectivity index (χ1v) is 6.76. The zero-order chi connectivity index (χ0) is 11.4. The van der Waals surface area contributed by atoms with E-state index in [0.717, 1.165) is 23.4 Å². The van der Waals surface area contributed by atoms with Crippen LogP contribution in [-0.2, 0) is 0 Å². The second-order valence-electron chi connectivity index (χ2n) is 4.12. The van der Waals surface area contributed by atoms with Crippen LogP contribution in [0, 0.1) is 0 Å². The fourth-order valence-corrected chi connectivity index (χ4v) is 2.57. The third kappa shape index (κ3) is 2.77. The lowest BCUT2D eigenvalue weighted by Crippen LogP contribution is -2.27.